The van der Waals surface area contributed by atoms with Gasteiger partial charge in [-0.05, 0) is 50.5 Å². The predicted octanol–water partition coefficient (Wildman–Crippen LogP) is 3.48. The van der Waals surface area contributed by atoms with E-state index < -0.39 is 0 Å². The van der Waals surface area contributed by atoms with Gasteiger partial charge in [0.2, 0.25) is 0 Å². The second-order valence-electron chi connectivity index (χ2n) is 8.67. The molecule has 1 aromatic heterocycles. The third-order valence-electron chi connectivity index (χ3n) is 7.01. The number of piperidine rings is 2. The number of hydrogen-bond acceptors (Lipinski definition) is 6. The van der Waals surface area contributed by atoms with Crippen LogP contribution in [-0.4, -0.2) is 65.8 Å². The fraction of sp³-hybridized carbons (Fsp3) is 0.714. The maximum absolute atomic E-state index is 9.74. The van der Waals surface area contributed by atoms with Gasteiger partial charge in [-0.15, -0.1) is 11.3 Å². The first-order chi connectivity index (χ1) is 14.0. The van der Waals surface area contributed by atoms with E-state index in [-0.39, 0.29) is 12.2 Å². The summed E-state index contributed by atoms with van der Waals surface area (Å²) in [5.41, 5.74) is 1.90. The molecular weight excluding hydrogens is 408 g/mol. The molecular formula is C21H31ClN4O2S. The Hall–Kier alpha value is -0.990. The van der Waals surface area contributed by atoms with Gasteiger partial charge in [0.25, 0.3) is 0 Å². The van der Waals surface area contributed by atoms with E-state index in [1.807, 2.05) is 4.90 Å². The molecule has 0 aliphatic carbocycles. The molecule has 6 nitrogen and oxygen atoms in total. The number of nitrogens with one attached hydrogen (secondary N) is 2. The molecule has 0 unspecified atom stereocenters. The summed E-state index contributed by atoms with van der Waals surface area (Å²) in [6.45, 7) is 6.91. The smallest absolute Gasteiger partial charge is 0.138 e. The first-order valence-corrected chi connectivity index (χ1v) is 11.8. The van der Waals surface area contributed by atoms with Crippen molar-refractivity contribution in [2.45, 2.75) is 57.3 Å². The average Bonchev–Trinajstić information content (AvgIpc) is 3.07. The SMILES string of the molecule is C[C@H]1C[C@@]2(CCN1CC1CCN(C(=N)C=N)CC1)OCCc1c2sc(Cl)c1CO. The molecule has 1 spiro atoms. The van der Waals surface area contributed by atoms with Crippen LogP contribution in [0.2, 0.25) is 4.34 Å². The van der Waals surface area contributed by atoms with E-state index in [0.29, 0.717) is 24.4 Å². The molecule has 0 bridgehead atoms. The highest BCUT2D eigenvalue weighted by atomic mass is 35.5. The summed E-state index contributed by atoms with van der Waals surface area (Å²) in [4.78, 5) is 5.87. The van der Waals surface area contributed by atoms with Gasteiger partial charge in [0, 0.05) is 42.7 Å². The molecule has 2 saturated heterocycles. The van der Waals surface area contributed by atoms with E-state index in [2.05, 4.69) is 11.8 Å². The summed E-state index contributed by atoms with van der Waals surface area (Å²) in [5, 5.41) is 24.8. The van der Waals surface area contributed by atoms with Crippen LogP contribution < -0.4 is 0 Å². The third-order valence-corrected chi connectivity index (χ3v) is 8.71. The van der Waals surface area contributed by atoms with Gasteiger partial charge < -0.3 is 25.1 Å². The molecule has 1 aromatic rings. The van der Waals surface area contributed by atoms with Gasteiger partial charge in [-0.3, -0.25) is 5.41 Å². The molecule has 8 heteroatoms. The number of nitrogens with zero attached hydrogens (tertiary/aromatic N) is 2. The van der Waals surface area contributed by atoms with Gasteiger partial charge in [0.15, 0.2) is 0 Å². The standard InChI is InChI=1S/C21H31ClN4O2S/c1-14-10-21(19-16(4-9-28-21)17(13-27)20(22)29-19)5-8-26(14)12-15-2-6-25(7-3-15)18(24)11-23/h11,14-15,23-24,27H,2-10,12-13H2,1H3/t14-,21+/m0/s1. The fourth-order valence-electron chi connectivity index (χ4n) is 5.31. The van der Waals surface area contributed by atoms with Crippen molar-refractivity contribution in [2.24, 2.45) is 5.92 Å². The van der Waals surface area contributed by atoms with Crippen molar-refractivity contribution in [3.8, 4) is 0 Å². The number of thiophene rings is 1. The number of aliphatic hydroxyl groups excluding tert-OH is 1. The molecule has 0 radical (unpaired) electrons. The Balaban J connectivity index is 1.40. The highest BCUT2D eigenvalue weighted by Crippen LogP contribution is 2.49. The summed E-state index contributed by atoms with van der Waals surface area (Å²) in [7, 11) is 0. The molecule has 0 aromatic carbocycles. The van der Waals surface area contributed by atoms with Gasteiger partial charge in [0.1, 0.15) is 11.4 Å². The first kappa shape index (κ1) is 21.2. The van der Waals surface area contributed by atoms with Crippen molar-refractivity contribution in [1.29, 1.82) is 10.8 Å². The zero-order valence-electron chi connectivity index (χ0n) is 17.0. The Labute approximate surface area is 181 Å². The van der Waals surface area contributed by atoms with Crippen LogP contribution in [0.4, 0.5) is 0 Å². The molecule has 3 N–H and O–H groups in total. The summed E-state index contributed by atoms with van der Waals surface area (Å²) >= 11 is 8.04. The minimum absolute atomic E-state index is 0.0105. The van der Waals surface area contributed by atoms with Crippen molar-refractivity contribution in [2.75, 3.05) is 32.8 Å². The molecule has 29 heavy (non-hydrogen) atoms. The summed E-state index contributed by atoms with van der Waals surface area (Å²) in [6, 6.07) is 0.436. The lowest BCUT2D eigenvalue weighted by Crippen LogP contribution is -2.52. The zero-order valence-corrected chi connectivity index (χ0v) is 18.6. The molecule has 0 amide bonds. The quantitative estimate of drug-likeness (QED) is 0.496. The minimum Gasteiger partial charge on any atom is -0.392 e. The lowest BCUT2D eigenvalue weighted by atomic mass is 9.81. The lowest BCUT2D eigenvalue weighted by Gasteiger charge is -2.48. The van der Waals surface area contributed by atoms with Crippen LogP contribution in [0.1, 0.15) is 48.6 Å². The number of likely N-dealkylation sites (tertiary alicyclic amines) is 2. The molecule has 2 atom stereocenters. The zero-order chi connectivity index (χ0) is 20.6. The number of halogens is 1. The predicted molar refractivity (Wildman–Crippen MR) is 118 cm³/mol. The monoisotopic (exact) mass is 438 g/mol. The van der Waals surface area contributed by atoms with Crippen molar-refractivity contribution >= 4 is 35.0 Å². The van der Waals surface area contributed by atoms with Crippen molar-refractivity contribution in [3.05, 3.63) is 20.3 Å². The maximum atomic E-state index is 9.74. The normalized spacial score (nSPS) is 28.5. The molecule has 3 aliphatic heterocycles. The number of ether oxygens (including phenoxy) is 1. The maximum Gasteiger partial charge on any atom is 0.138 e. The van der Waals surface area contributed by atoms with Crippen LogP contribution in [-0.2, 0) is 23.4 Å². The fourth-order valence-corrected chi connectivity index (χ4v) is 6.99. The van der Waals surface area contributed by atoms with Crippen LogP contribution in [0.15, 0.2) is 0 Å². The van der Waals surface area contributed by atoms with Crippen LogP contribution in [0.25, 0.3) is 0 Å². The van der Waals surface area contributed by atoms with Crippen molar-refractivity contribution < 1.29 is 9.84 Å². The molecule has 4 heterocycles. The molecule has 2 fully saturated rings. The van der Waals surface area contributed by atoms with Gasteiger partial charge in [-0.25, -0.2) is 0 Å². The summed E-state index contributed by atoms with van der Waals surface area (Å²) in [5.74, 6) is 0.986. The minimum atomic E-state index is -0.242. The van der Waals surface area contributed by atoms with E-state index >= 15 is 0 Å². The Bertz CT molecular complexity index is 777. The number of rotatable bonds is 4. The van der Waals surface area contributed by atoms with E-state index in [4.69, 9.17) is 27.2 Å². The Morgan fingerprint density at radius 2 is 2.14 bits per heavy atom. The third kappa shape index (κ3) is 4.00. The second-order valence-corrected chi connectivity index (χ2v) is 10.3. The van der Waals surface area contributed by atoms with Crippen LogP contribution in [0.5, 0.6) is 0 Å². The van der Waals surface area contributed by atoms with Crippen molar-refractivity contribution in [1.82, 2.24) is 9.80 Å². The van der Waals surface area contributed by atoms with Crippen LogP contribution in [0.3, 0.4) is 0 Å². The highest BCUT2D eigenvalue weighted by molar-refractivity contribution is 7.16. The molecule has 0 saturated carbocycles. The number of aliphatic hydroxyl groups is 1. The van der Waals surface area contributed by atoms with Crippen molar-refractivity contribution in [3.63, 3.8) is 0 Å². The van der Waals surface area contributed by atoms with Gasteiger partial charge in [-0.2, -0.15) is 0 Å². The first-order valence-electron chi connectivity index (χ1n) is 10.6. The lowest BCUT2D eigenvalue weighted by molar-refractivity contribution is -0.111. The van der Waals surface area contributed by atoms with Crippen LogP contribution >= 0.6 is 22.9 Å². The number of amidine groups is 1. The topological polar surface area (TPSA) is 83.6 Å². The Kier molecular flexibility index (Phi) is 6.33. The molecule has 3 aliphatic rings. The summed E-state index contributed by atoms with van der Waals surface area (Å²) < 4.78 is 7.12. The Morgan fingerprint density at radius 1 is 1.38 bits per heavy atom. The Morgan fingerprint density at radius 3 is 2.79 bits per heavy atom. The van der Waals surface area contributed by atoms with Gasteiger partial charge in [-0.1, -0.05) is 11.6 Å². The van der Waals surface area contributed by atoms with Gasteiger partial charge in [0.05, 0.1) is 23.8 Å². The van der Waals surface area contributed by atoms with Gasteiger partial charge >= 0.3 is 0 Å². The summed E-state index contributed by atoms with van der Waals surface area (Å²) in [6.07, 6.45) is 6.11. The van der Waals surface area contributed by atoms with E-state index in [9.17, 15) is 5.11 Å². The van der Waals surface area contributed by atoms with E-state index in [1.165, 1.54) is 10.4 Å². The average molecular weight is 439 g/mol. The van der Waals surface area contributed by atoms with Crippen LogP contribution in [0, 0.1) is 16.7 Å². The number of fused-ring (bicyclic) bond motifs is 2. The second kappa shape index (κ2) is 8.63. The highest BCUT2D eigenvalue weighted by Gasteiger charge is 2.46. The van der Waals surface area contributed by atoms with E-state index in [1.54, 1.807) is 11.3 Å². The molecule has 4 rings (SSSR count). The molecule has 160 valence electrons. The largest absolute Gasteiger partial charge is 0.392 e. The number of hydrogen-bond donors (Lipinski definition) is 3. The van der Waals surface area contributed by atoms with E-state index in [0.717, 1.165) is 74.4 Å².